The van der Waals surface area contributed by atoms with Crippen molar-refractivity contribution in [2.24, 2.45) is 0 Å². The van der Waals surface area contributed by atoms with Crippen molar-refractivity contribution in [3.05, 3.63) is 53.3 Å². The van der Waals surface area contributed by atoms with Crippen LogP contribution in [0.3, 0.4) is 0 Å². The Kier molecular flexibility index (Phi) is 10.4. The second-order valence-electron chi connectivity index (χ2n) is 11.5. The van der Waals surface area contributed by atoms with Gasteiger partial charge in [0.15, 0.2) is 0 Å². The van der Waals surface area contributed by atoms with E-state index in [1.807, 2.05) is 11.8 Å². The summed E-state index contributed by atoms with van der Waals surface area (Å²) in [6, 6.07) is 6.46. The normalized spacial score (nSPS) is 25.4. The van der Waals surface area contributed by atoms with Crippen LogP contribution >= 0.6 is 0 Å². The third kappa shape index (κ3) is 8.37. The molecule has 236 valence electrons. The number of piperidine rings is 1. The van der Waals surface area contributed by atoms with E-state index in [9.17, 15) is 18.0 Å². The first kappa shape index (κ1) is 31.5. The number of methoxy groups -OCH3 is 1. The predicted octanol–water partition coefficient (Wildman–Crippen LogP) is 5.01. The summed E-state index contributed by atoms with van der Waals surface area (Å²) < 4.78 is 58.8. The van der Waals surface area contributed by atoms with E-state index in [1.54, 1.807) is 31.6 Å². The van der Waals surface area contributed by atoms with Gasteiger partial charge in [-0.2, -0.15) is 0 Å². The maximum Gasteiger partial charge on any atom is 0.573 e. The van der Waals surface area contributed by atoms with E-state index < -0.39 is 6.36 Å². The molecule has 2 aromatic rings. The minimum atomic E-state index is -4.72. The molecule has 1 aromatic heterocycles. The van der Waals surface area contributed by atoms with Crippen molar-refractivity contribution in [1.82, 2.24) is 15.2 Å². The lowest BCUT2D eigenvalue weighted by atomic mass is 9.98. The zero-order valence-electron chi connectivity index (χ0n) is 24.7. The van der Waals surface area contributed by atoms with Gasteiger partial charge in [-0.1, -0.05) is 12.1 Å². The van der Waals surface area contributed by atoms with E-state index >= 15 is 0 Å². The molecule has 0 spiro atoms. The lowest BCUT2D eigenvalue weighted by molar-refractivity contribution is -0.274. The highest BCUT2D eigenvalue weighted by atomic mass is 19.4. The second-order valence-corrected chi connectivity index (χ2v) is 11.5. The number of hydrogen-bond acceptors (Lipinski definition) is 8. The molecule has 0 radical (unpaired) electrons. The van der Waals surface area contributed by atoms with Crippen molar-refractivity contribution < 1.29 is 36.9 Å². The quantitative estimate of drug-likeness (QED) is 0.412. The van der Waals surface area contributed by atoms with Crippen molar-refractivity contribution in [3.63, 3.8) is 0 Å². The van der Waals surface area contributed by atoms with Crippen molar-refractivity contribution in [1.29, 1.82) is 0 Å². The molecule has 4 atom stereocenters. The summed E-state index contributed by atoms with van der Waals surface area (Å²) in [4.78, 5) is 19.7. The lowest BCUT2D eigenvalue weighted by Crippen LogP contribution is -2.54. The lowest BCUT2D eigenvalue weighted by Gasteiger charge is -2.38. The topological polar surface area (TPSA) is 94.2 Å². The SMILES string of the molecule is CO[C@H]1COCC[C@H]1NC1CCN(C(=O)c2cncc(NC[C@H]3CCC[C@@H](c4ccc(OC(F)(F)F)cc4)O3)c2C)CC1. The first-order valence-corrected chi connectivity index (χ1v) is 15.1. The molecule has 1 amide bonds. The molecule has 3 aliphatic rings. The van der Waals surface area contributed by atoms with E-state index in [1.165, 1.54) is 12.1 Å². The number of ether oxygens (including phenoxy) is 4. The standard InChI is InChI=1S/C31H41F3N4O5/c1-20-25(30(39)38-13-10-22(11-14-38)37-26-12-15-41-19-29(26)40-2)17-35-18-27(20)36-16-24-4-3-5-28(42-24)21-6-8-23(9-7-21)43-31(32,33)34/h6-9,17-18,22,24,26,28-29,36-37H,3-5,10-16,19H2,1-2H3/t24-,26-,28+,29+/m1/s1. The first-order chi connectivity index (χ1) is 20.7. The molecule has 0 unspecified atom stereocenters. The summed E-state index contributed by atoms with van der Waals surface area (Å²) in [7, 11) is 1.72. The van der Waals surface area contributed by atoms with Gasteiger partial charge >= 0.3 is 6.36 Å². The number of pyridine rings is 1. The average Bonchev–Trinajstić information content (AvgIpc) is 3.01. The van der Waals surface area contributed by atoms with E-state index in [0.29, 0.717) is 37.8 Å². The minimum Gasteiger partial charge on any atom is -0.406 e. The molecule has 0 saturated carbocycles. The van der Waals surface area contributed by atoms with Gasteiger partial charge < -0.3 is 34.5 Å². The number of hydrogen-bond donors (Lipinski definition) is 2. The molecule has 3 fully saturated rings. The number of aromatic nitrogens is 1. The van der Waals surface area contributed by atoms with Crippen molar-refractivity contribution >= 4 is 11.6 Å². The average molecular weight is 607 g/mol. The maximum absolute atomic E-state index is 13.5. The van der Waals surface area contributed by atoms with Gasteiger partial charge in [0.1, 0.15) is 5.75 Å². The van der Waals surface area contributed by atoms with E-state index in [0.717, 1.165) is 61.9 Å². The van der Waals surface area contributed by atoms with Crippen LogP contribution in [0.25, 0.3) is 0 Å². The van der Waals surface area contributed by atoms with E-state index in [-0.39, 0.29) is 36.0 Å². The van der Waals surface area contributed by atoms with E-state index in [4.69, 9.17) is 14.2 Å². The third-order valence-corrected chi connectivity index (χ3v) is 8.64. The van der Waals surface area contributed by atoms with E-state index in [2.05, 4.69) is 20.4 Å². The van der Waals surface area contributed by atoms with Gasteiger partial charge in [-0.15, -0.1) is 13.2 Å². The Bertz CT molecular complexity index is 1210. The summed E-state index contributed by atoms with van der Waals surface area (Å²) in [5.41, 5.74) is 3.03. The van der Waals surface area contributed by atoms with Gasteiger partial charge in [-0.05, 0) is 68.7 Å². The van der Waals surface area contributed by atoms with Crippen LogP contribution in [0.4, 0.5) is 18.9 Å². The summed E-state index contributed by atoms with van der Waals surface area (Å²) >= 11 is 0. The Morgan fingerprint density at radius 1 is 1.09 bits per heavy atom. The minimum absolute atomic E-state index is 0.0140. The highest BCUT2D eigenvalue weighted by molar-refractivity contribution is 5.96. The fraction of sp³-hybridized carbons (Fsp3) is 0.613. The molecule has 0 bridgehead atoms. The second kappa shape index (κ2) is 14.2. The monoisotopic (exact) mass is 606 g/mol. The molecule has 1 aromatic carbocycles. The van der Waals surface area contributed by atoms with Crippen LogP contribution in [0.5, 0.6) is 5.75 Å². The number of likely N-dealkylation sites (tertiary alicyclic amines) is 1. The Morgan fingerprint density at radius 3 is 2.58 bits per heavy atom. The largest absolute Gasteiger partial charge is 0.573 e. The van der Waals surface area contributed by atoms with Gasteiger partial charge in [0, 0.05) is 51.6 Å². The molecule has 3 saturated heterocycles. The van der Waals surface area contributed by atoms with Gasteiger partial charge in [-0.3, -0.25) is 9.78 Å². The first-order valence-electron chi connectivity index (χ1n) is 15.1. The summed E-state index contributed by atoms with van der Waals surface area (Å²) in [6.07, 6.45) is 3.63. The Morgan fingerprint density at radius 2 is 1.86 bits per heavy atom. The van der Waals surface area contributed by atoms with Crippen LogP contribution in [0.2, 0.25) is 0 Å². The number of nitrogens with zero attached hydrogens (tertiary/aromatic N) is 2. The fourth-order valence-corrected chi connectivity index (χ4v) is 6.18. The molecular weight excluding hydrogens is 565 g/mol. The van der Waals surface area contributed by atoms with Crippen LogP contribution < -0.4 is 15.4 Å². The molecule has 43 heavy (non-hydrogen) atoms. The van der Waals surface area contributed by atoms with Crippen LogP contribution in [0.15, 0.2) is 36.7 Å². The van der Waals surface area contributed by atoms with Gasteiger partial charge in [-0.25, -0.2) is 0 Å². The Hall–Kier alpha value is -2.93. The van der Waals surface area contributed by atoms with Gasteiger partial charge in [0.25, 0.3) is 5.91 Å². The third-order valence-electron chi connectivity index (χ3n) is 8.64. The number of anilines is 1. The van der Waals surface area contributed by atoms with Crippen molar-refractivity contribution in [3.8, 4) is 5.75 Å². The number of amides is 1. The molecule has 0 aliphatic carbocycles. The number of alkyl halides is 3. The maximum atomic E-state index is 13.5. The molecule has 4 heterocycles. The van der Waals surface area contributed by atoms with Crippen LogP contribution in [0, 0.1) is 6.92 Å². The molecule has 12 heteroatoms. The highest BCUT2D eigenvalue weighted by Gasteiger charge is 2.32. The molecular formula is C31H41F3N4O5. The highest BCUT2D eigenvalue weighted by Crippen LogP contribution is 2.33. The zero-order chi connectivity index (χ0) is 30.4. The number of halogens is 3. The van der Waals surface area contributed by atoms with Crippen LogP contribution in [-0.4, -0.2) is 86.4 Å². The number of carbonyl (C=O) groups excluding carboxylic acids is 1. The smallest absolute Gasteiger partial charge is 0.406 e. The van der Waals surface area contributed by atoms with Gasteiger partial charge in [0.05, 0.1) is 42.4 Å². The molecule has 2 N–H and O–H groups in total. The number of rotatable bonds is 9. The van der Waals surface area contributed by atoms with Crippen molar-refractivity contribution in [2.75, 3.05) is 45.3 Å². The van der Waals surface area contributed by atoms with Crippen LogP contribution in [-0.2, 0) is 14.2 Å². The number of nitrogens with one attached hydrogen (secondary N) is 2. The number of benzene rings is 1. The fourth-order valence-electron chi connectivity index (χ4n) is 6.18. The zero-order valence-corrected chi connectivity index (χ0v) is 24.7. The Balaban J connectivity index is 1.12. The summed E-state index contributed by atoms with van der Waals surface area (Å²) in [5, 5.41) is 7.14. The van der Waals surface area contributed by atoms with Crippen LogP contribution in [0.1, 0.15) is 66.1 Å². The predicted molar refractivity (Wildman–Crippen MR) is 154 cm³/mol. The van der Waals surface area contributed by atoms with Gasteiger partial charge in [0.2, 0.25) is 0 Å². The Labute approximate surface area is 250 Å². The van der Waals surface area contributed by atoms with Crippen molar-refractivity contribution in [2.45, 2.75) is 82.2 Å². The molecule has 9 nitrogen and oxygen atoms in total. The molecule has 3 aliphatic heterocycles. The molecule has 5 rings (SSSR count). The summed E-state index contributed by atoms with van der Waals surface area (Å²) in [6.45, 7) is 5.14. The number of carbonyl (C=O) groups is 1. The summed E-state index contributed by atoms with van der Waals surface area (Å²) in [5.74, 6) is -0.265.